The van der Waals surface area contributed by atoms with Gasteiger partial charge in [0.25, 0.3) is 0 Å². The molecule has 0 unspecified atom stereocenters. The molecule has 0 aliphatic carbocycles. The zero-order valence-corrected chi connectivity index (χ0v) is 9.83. The summed E-state index contributed by atoms with van der Waals surface area (Å²) in [6.07, 6.45) is -3.16. The molecule has 1 aromatic rings. The lowest BCUT2D eigenvalue weighted by atomic mass is 10.3. The van der Waals surface area contributed by atoms with Crippen LogP contribution in [0.3, 0.4) is 0 Å². The van der Waals surface area contributed by atoms with E-state index >= 15 is 0 Å². The molecule has 3 N–H and O–H groups in total. The third-order valence-electron chi connectivity index (χ3n) is 2.25. The van der Waals surface area contributed by atoms with Crippen molar-refractivity contribution in [2.45, 2.75) is 19.5 Å². The van der Waals surface area contributed by atoms with Gasteiger partial charge in [0, 0.05) is 25.7 Å². The minimum absolute atomic E-state index is 0.00595. The lowest BCUT2D eigenvalue weighted by molar-refractivity contribution is -0.141. The van der Waals surface area contributed by atoms with Crippen molar-refractivity contribution in [2.24, 2.45) is 5.73 Å². The van der Waals surface area contributed by atoms with Crippen molar-refractivity contribution in [1.82, 2.24) is 9.97 Å². The van der Waals surface area contributed by atoms with Crippen LogP contribution in [-0.4, -0.2) is 28.9 Å². The number of nitrogens with one attached hydrogen (secondary N) is 1. The number of nitrogens with zero attached hydrogens (tertiary/aromatic N) is 3. The number of aromatic nitrogens is 2. The summed E-state index contributed by atoms with van der Waals surface area (Å²) >= 11 is 0. The Morgan fingerprint density at radius 3 is 2.67 bits per heavy atom. The minimum atomic E-state index is -4.49. The lowest BCUT2D eigenvalue weighted by Gasteiger charge is -2.20. The van der Waals surface area contributed by atoms with Gasteiger partial charge in [0.15, 0.2) is 0 Å². The molecule has 0 aliphatic rings. The number of anilines is 1. The van der Waals surface area contributed by atoms with Crippen LogP contribution in [0.2, 0.25) is 0 Å². The van der Waals surface area contributed by atoms with Crippen LogP contribution in [-0.2, 0) is 6.18 Å². The number of nitrogens with two attached hydrogens (primary N) is 1. The standard InChI is InChI=1S/C10H14F3N5/c1-2-18(6-4-8(14)15)9-16-5-3-7(17-9)10(11,12)13/h3,5H,2,4,6H2,1H3,(H3,14,15). The average molecular weight is 261 g/mol. The molecule has 0 aromatic carbocycles. The first-order valence-corrected chi connectivity index (χ1v) is 5.32. The van der Waals surface area contributed by atoms with Crippen LogP contribution in [0.1, 0.15) is 19.0 Å². The highest BCUT2D eigenvalue weighted by atomic mass is 19.4. The Bertz CT molecular complexity index is 418. The molecule has 0 radical (unpaired) electrons. The first-order valence-electron chi connectivity index (χ1n) is 5.32. The van der Waals surface area contributed by atoms with Gasteiger partial charge in [-0.3, -0.25) is 5.41 Å². The van der Waals surface area contributed by atoms with E-state index in [4.69, 9.17) is 11.1 Å². The van der Waals surface area contributed by atoms with E-state index < -0.39 is 11.9 Å². The quantitative estimate of drug-likeness (QED) is 0.624. The van der Waals surface area contributed by atoms with E-state index in [0.717, 1.165) is 12.3 Å². The Labute approximate surface area is 102 Å². The highest BCUT2D eigenvalue weighted by Gasteiger charge is 2.33. The number of amidine groups is 1. The van der Waals surface area contributed by atoms with Crippen LogP contribution < -0.4 is 10.6 Å². The van der Waals surface area contributed by atoms with Crippen LogP contribution in [0.15, 0.2) is 12.3 Å². The zero-order chi connectivity index (χ0) is 13.8. The summed E-state index contributed by atoms with van der Waals surface area (Å²) in [5, 5.41) is 7.10. The summed E-state index contributed by atoms with van der Waals surface area (Å²) in [7, 11) is 0. The van der Waals surface area contributed by atoms with Crippen molar-refractivity contribution in [1.29, 1.82) is 5.41 Å². The van der Waals surface area contributed by atoms with E-state index in [-0.39, 0.29) is 18.2 Å². The van der Waals surface area contributed by atoms with E-state index in [1.54, 1.807) is 6.92 Å². The Balaban J connectivity index is 2.89. The molecule has 0 aliphatic heterocycles. The van der Waals surface area contributed by atoms with Gasteiger partial charge in [-0.25, -0.2) is 9.97 Å². The van der Waals surface area contributed by atoms with E-state index in [1.807, 2.05) is 0 Å². The van der Waals surface area contributed by atoms with Crippen molar-refractivity contribution in [3.63, 3.8) is 0 Å². The van der Waals surface area contributed by atoms with Crippen LogP contribution in [0.4, 0.5) is 19.1 Å². The molecule has 0 bridgehead atoms. The first-order chi connectivity index (χ1) is 8.34. The molecule has 18 heavy (non-hydrogen) atoms. The van der Waals surface area contributed by atoms with Gasteiger partial charge in [-0.15, -0.1) is 0 Å². The summed E-state index contributed by atoms with van der Waals surface area (Å²) in [5.74, 6) is -0.0333. The predicted molar refractivity (Wildman–Crippen MR) is 61.5 cm³/mol. The molecule has 1 heterocycles. The molecular weight excluding hydrogens is 247 g/mol. The average Bonchev–Trinajstić information content (AvgIpc) is 2.29. The molecule has 1 aromatic heterocycles. The second-order valence-electron chi connectivity index (χ2n) is 3.59. The highest BCUT2D eigenvalue weighted by molar-refractivity contribution is 5.77. The fourth-order valence-electron chi connectivity index (χ4n) is 1.31. The van der Waals surface area contributed by atoms with E-state index in [1.165, 1.54) is 4.90 Å². The Kier molecular flexibility index (Phi) is 4.46. The van der Waals surface area contributed by atoms with Gasteiger partial charge in [0.2, 0.25) is 5.95 Å². The van der Waals surface area contributed by atoms with Crippen LogP contribution in [0.25, 0.3) is 0 Å². The van der Waals surface area contributed by atoms with Crippen LogP contribution >= 0.6 is 0 Å². The summed E-state index contributed by atoms with van der Waals surface area (Å²) in [4.78, 5) is 8.82. The molecule has 0 saturated carbocycles. The Morgan fingerprint density at radius 1 is 1.50 bits per heavy atom. The zero-order valence-electron chi connectivity index (χ0n) is 9.83. The molecular formula is C10H14F3N5. The van der Waals surface area contributed by atoms with Gasteiger partial charge < -0.3 is 10.6 Å². The molecule has 8 heteroatoms. The smallest absolute Gasteiger partial charge is 0.388 e. The second-order valence-corrected chi connectivity index (χ2v) is 3.59. The third kappa shape index (κ3) is 3.86. The Hall–Kier alpha value is -1.86. The maximum atomic E-state index is 12.5. The van der Waals surface area contributed by atoms with Crippen LogP contribution in [0, 0.1) is 5.41 Å². The highest BCUT2D eigenvalue weighted by Crippen LogP contribution is 2.28. The topological polar surface area (TPSA) is 78.9 Å². The number of hydrogen-bond acceptors (Lipinski definition) is 4. The normalized spacial score (nSPS) is 11.3. The summed E-state index contributed by atoms with van der Waals surface area (Å²) in [6, 6.07) is 0.822. The maximum absolute atomic E-state index is 12.5. The van der Waals surface area contributed by atoms with Gasteiger partial charge in [0.05, 0.1) is 5.84 Å². The van der Waals surface area contributed by atoms with Gasteiger partial charge in [0.1, 0.15) is 5.69 Å². The molecule has 5 nitrogen and oxygen atoms in total. The van der Waals surface area contributed by atoms with Crippen molar-refractivity contribution in [3.05, 3.63) is 18.0 Å². The van der Waals surface area contributed by atoms with Crippen LogP contribution in [0.5, 0.6) is 0 Å². The van der Waals surface area contributed by atoms with E-state index in [0.29, 0.717) is 13.1 Å². The van der Waals surface area contributed by atoms with E-state index in [2.05, 4.69) is 9.97 Å². The fraction of sp³-hybridized carbons (Fsp3) is 0.500. The van der Waals surface area contributed by atoms with Gasteiger partial charge >= 0.3 is 6.18 Å². The molecule has 100 valence electrons. The minimum Gasteiger partial charge on any atom is -0.388 e. The summed E-state index contributed by atoms with van der Waals surface area (Å²) in [6.45, 7) is 2.52. The fourth-order valence-corrected chi connectivity index (χ4v) is 1.31. The predicted octanol–water partition coefficient (Wildman–Crippen LogP) is 1.65. The molecule has 0 atom stereocenters. The molecule has 0 saturated heterocycles. The second kappa shape index (κ2) is 5.65. The number of rotatable bonds is 5. The molecule has 0 spiro atoms. The van der Waals surface area contributed by atoms with Gasteiger partial charge in [-0.05, 0) is 13.0 Å². The largest absolute Gasteiger partial charge is 0.433 e. The molecule has 0 amide bonds. The number of alkyl halides is 3. The van der Waals surface area contributed by atoms with E-state index in [9.17, 15) is 13.2 Å². The summed E-state index contributed by atoms with van der Waals surface area (Å²) < 4.78 is 37.5. The van der Waals surface area contributed by atoms with Crippen molar-refractivity contribution in [3.8, 4) is 0 Å². The number of halogens is 3. The van der Waals surface area contributed by atoms with Crippen molar-refractivity contribution < 1.29 is 13.2 Å². The molecule has 1 rings (SSSR count). The SMILES string of the molecule is CCN(CCC(=N)N)c1nccc(C(F)(F)F)n1. The maximum Gasteiger partial charge on any atom is 0.433 e. The lowest BCUT2D eigenvalue weighted by Crippen LogP contribution is -2.29. The third-order valence-corrected chi connectivity index (χ3v) is 2.25. The Morgan fingerprint density at radius 2 is 2.17 bits per heavy atom. The first kappa shape index (κ1) is 14.2. The number of hydrogen-bond donors (Lipinski definition) is 2. The molecule has 0 fully saturated rings. The van der Waals surface area contributed by atoms with Gasteiger partial charge in [-0.1, -0.05) is 0 Å². The summed E-state index contributed by atoms with van der Waals surface area (Å²) in [5.41, 5.74) is 4.23. The van der Waals surface area contributed by atoms with Gasteiger partial charge in [-0.2, -0.15) is 13.2 Å². The van der Waals surface area contributed by atoms with Crippen molar-refractivity contribution in [2.75, 3.05) is 18.0 Å². The monoisotopic (exact) mass is 261 g/mol. The van der Waals surface area contributed by atoms with Crippen molar-refractivity contribution >= 4 is 11.8 Å².